The molecule has 2 heterocycles. The molecule has 4 atom stereocenters. The van der Waals surface area contributed by atoms with Crippen LogP contribution in [0.3, 0.4) is 0 Å². The smallest absolute Gasteiger partial charge is 0.237 e. The monoisotopic (exact) mass is 390 g/mol. The first-order valence-corrected chi connectivity index (χ1v) is 10.2. The molecule has 2 unspecified atom stereocenters. The Morgan fingerprint density at radius 2 is 2.21 bits per heavy atom. The van der Waals surface area contributed by atoms with Gasteiger partial charge in [0.1, 0.15) is 24.9 Å². The molecule has 28 heavy (non-hydrogen) atoms. The van der Waals surface area contributed by atoms with Crippen molar-refractivity contribution in [2.75, 3.05) is 13.1 Å². The van der Waals surface area contributed by atoms with Gasteiger partial charge in [-0.15, -0.1) is 0 Å². The van der Waals surface area contributed by atoms with Crippen molar-refractivity contribution in [1.29, 1.82) is 5.26 Å². The summed E-state index contributed by atoms with van der Waals surface area (Å²) in [4.78, 5) is 17.9. The van der Waals surface area contributed by atoms with Gasteiger partial charge in [0.05, 0.1) is 19.2 Å². The maximum atomic E-state index is 13.6. The van der Waals surface area contributed by atoms with Crippen molar-refractivity contribution in [1.82, 2.24) is 25.0 Å². The van der Waals surface area contributed by atoms with Crippen LogP contribution < -0.4 is 5.32 Å². The van der Waals surface area contributed by atoms with Crippen LogP contribution in [0.5, 0.6) is 0 Å². The van der Waals surface area contributed by atoms with Gasteiger partial charge in [0.25, 0.3) is 0 Å². The maximum Gasteiger partial charge on any atom is 0.237 e. The van der Waals surface area contributed by atoms with Crippen molar-refractivity contribution in [2.24, 2.45) is 10.8 Å². The van der Waals surface area contributed by atoms with Crippen molar-refractivity contribution in [3.63, 3.8) is 0 Å². The van der Waals surface area contributed by atoms with E-state index >= 15 is 0 Å². The molecule has 1 aromatic heterocycles. The normalized spacial score (nSPS) is 31.8. The molecular formula is C20H31FN6O. The van der Waals surface area contributed by atoms with Crippen LogP contribution in [0.1, 0.15) is 52.9 Å². The zero-order valence-electron chi connectivity index (χ0n) is 17.1. The van der Waals surface area contributed by atoms with Crippen molar-refractivity contribution in [3.05, 3.63) is 12.7 Å². The van der Waals surface area contributed by atoms with Crippen LogP contribution in [0.2, 0.25) is 0 Å². The van der Waals surface area contributed by atoms with E-state index in [4.69, 9.17) is 5.26 Å². The SMILES string of the molecule is CC1(CCCn2cncn2)CCC(NCC(=O)N2C[C@@H](F)C[C@H]2C#N)C1(C)C. The summed E-state index contributed by atoms with van der Waals surface area (Å²) in [6.45, 7) is 7.92. The third-order valence-corrected chi connectivity index (χ3v) is 7.21. The molecule has 1 saturated heterocycles. The van der Waals surface area contributed by atoms with Crippen molar-refractivity contribution in [2.45, 2.75) is 77.7 Å². The number of carbonyl (C=O) groups excluding carboxylic acids is 1. The van der Waals surface area contributed by atoms with Crippen LogP contribution in [0.4, 0.5) is 4.39 Å². The summed E-state index contributed by atoms with van der Waals surface area (Å²) in [5.74, 6) is -0.178. The van der Waals surface area contributed by atoms with Crippen LogP contribution in [0, 0.1) is 22.2 Å². The third-order valence-electron chi connectivity index (χ3n) is 7.21. The number of nitriles is 1. The molecule has 154 valence electrons. The minimum Gasteiger partial charge on any atom is -0.323 e. The van der Waals surface area contributed by atoms with Gasteiger partial charge in [0.15, 0.2) is 0 Å². The lowest BCUT2D eigenvalue weighted by Crippen LogP contribution is -2.49. The van der Waals surface area contributed by atoms with Gasteiger partial charge in [-0.05, 0) is 36.5 Å². The van der Waals surface area contributed by atoms with Crippen LogP contribution in [0.15, 0.2) is 12.7 Å². The first kappa shape index (κ1) is 20.7. The van der Waals surface area contributed by atoms with E-state index in [1.807, 2.05) is 10.8 Å². The second-order valence-corrected chi connectivity index (χ2v) is 9.04. The highest BCUT2D eigenvalue weighted by Crippen LogP contribution is 2.55. The highest BCUT2D eigenvalue weighted by atomic mass is 19.1. The molecule has 0 spiro atoms. The number of nitrogens with one attached hydrogen (secondary N) is 1. The largest absolute Gasteiger partial charge is 0.323 e. The molecule has 2 aliphatic rings. The average molecular weight is 391 g/mol. The van der Waals surface area contributed by atoms with Crippen molar-refractivity contribution in [3.8, 4) is 6.07 Å². The number of halogens is 1. The van der Waals surface area contributed by atoms with Gasteiger partial charge in [0, 0.05) is 19.0 Å². The zero-order chi connectivity index (χ0) is 20.4. The number of rotatable bonds is 7. The molecule has 1 aliphatic heterocycles. The van der Waals surface area contributed by atoms with E-state index in [2.05, 4.69) is 36.2 Å². The number of nitrogens with zero attached hydrogens (tertiary/aromatic N) is 5. The van der Waals surface area contributed by atoms with E-state index in [0.717, 1.165) is 32.2 Å². The minimum atomic E-state index is -1.09. The van der Waals surface area contributed by atoms with Crippen LogP contribution >= 0.6 is 0 Å². The molecule has 8 heteroatoms. The van der Waals surface area contributed by atoms with Crippen molar-refractivity contribution >= 4 is 5.91 Å². The molecule has 1 N–H and O–H groups in total. The molecule has 7 nitrogen and oxygen atoms in total. The first-order chi connectivity index (χ1) is 13.3. The summed E-state index contributed by atoms with van der Waals surface area (Å²) in [5, 5.41) is 16.7. The van der Waals surface area contributed by atoms with Gasteiger partial charge in [-0.2, -0.15) is 10.4 Å². The average Bonchev–Trinajstić information content (AvgIpc) is 3.34. The Labute approximate surface area is 166 Å². The van der Waals surface area contributed by atoms with Gasteiger partial charge in [0.2, 0.25) is 5.91 Å². The predicted molar refractivity (Wildman–Crippen MR) is 103 cm³/mol. The molecular weight excluding hydrogens is 359 g/mol. The number of likely N-dealkylation sites (tertiary alicyclic amines) is 1. The summed E-state index contributed by atoms with van der Waals surface area (Å²) in [5.41, 5.74) is 0.194. The second-order valence-electron chi connectivity index (χ2n) is 9.04. The number of amides is 1. The summed E-state index contributed by atoms with van der Waals surface area (Å²) >= 11 is 0. The van der Waals surface area contributed by atoms with Gasteiger partial charge in [-0.3, -0.25) is 9.48 Å². The standard InChI is InChI=1S/C20H31FN6O/c1-19(2)17(24-11-18(28)27-12-15(21)9-16(27)10-22)5-7-20(19,3)6-4-8-26-14-23-13-25-26/h13-17,24H,4-9,11-12H2,1-3H3/t15-,16-,17?,20?/m0/s1. The van der Waals surface area contributed by atoms with E-state index in [1.54, 1.807) is 12.7 Å². The Balaban J connectivity index is 1.52. The lowest BCUT2D eigenvalue weighted by Gasteiger charge is -2.42. The van der Waals surface area contributed by atoms with Crippen LogP contribution in [-0.2, 0) is 11.3 Å². The van der Waals surface area contributed by atoms with Gasteiger partial charge < -0.3 is 10.2 Å². The topological polar surface area (TPSA) is 86.8 Å². The Kier molecular flexibility index (Phi) is 6.04. The van der Waals surface area contributed by atoms with E-state index < -0.39 is 12.2 Å². The molecule has 0 bridgehead atoms. The zero-order valence-corrected chi connectivity index (χ0v) is 17.1. The Morgan fingerprint density at radius 3 is 2.89 bits per heavy atom. The van der Waals surface area contributed by atoms with Crippen molar-refractivity contribution < 1.29 is 9.18 Å². The molecule has 0 aromatic carbocycles. The number of hydrogen-bond acceptors (Lipinski definition) is 5. The Hall–Kier alpha value is -2.01. The summed E-state index contributed by atoms with van der Waals surface area (Å²) < 4.78 is 15.4. The Morgan fingerprint density at radius 1 is 1.43 bits per heavy atom. The number of aryl methyl sites for hydroxylation is 1. The van der Waals surface area contributed by atoms with Crippen LogP contribution in [-0.4, -0.2) is 56.9 Å². The van der Waals surface area contributed by atoms with Crippen LogP contribution in [0.25, 0.3) is 0 Å². The number of carbonyl (C=O) groups is 1. The minimum absolute atomic E-state index is 0.0257. The Bertz CT molecular complexity index is 715. The summed E-state index contributed by atoms with van der Waals surface area (Å²) in [7, 11) is 0. The highest BCUT2D eigenvalue weighted by Gasteiger charge is 2.50. The van der Waals surface area contributed by atoms with E-state index in [9.17, 15) is 9.18 Å². The molecule has 1 saturated carbocycles. The number of hydrogen-bond donors (Lipinski definition) is 1. The maximum absolute atomic E-state index is 13.6. The predicted octanol–water partition coefficient (Wildman–Crippen LogP) is 2.31. The quantitative estimate of drug-likeness (QED) is 0.772. The van der Waals surface area contributed by atoms with E-state index in [0.29, 0.717) is 0 Å². The molecule has 3 rings (SSSR count). The fourth-order valence-corrected chi connectivity index (χ4v) is 4.85. The van der Waals surface area contributed by atoms with Gasteiger partial charge in [-0.25, -0.2) is 9.37 Å². The molecule has 0 radical (unpaired) electrons. The van der Waals surface area contributed by atoms with Gasteiger partial charge in [-0.1, -0.05) is 20.8 Å². The second kappa shape index (κ2) is 8.16. The number of alkyl halides is 1. The lowest BCUT2D eigenvalue weighted by atomic mass is 9.65. The summed E-state index contributed by atoms with van der Waals surface area (Å²) in [6.07, 6.45) is 6.55. The molecule has 1 aliphatic carbocycles. The molecule has 2 fully saturated rings. The fraction of sp³-hybridized carbons (Fsp3) is 0.800. The molecule has 1 amide bonds. The summed E-state index contributed by atoms with van der Waals surface area (Å²) in [6, 6.07) is 1.63. The third kappa shape index (κ3) is 4.04. The molecule has 1 aromatic rings. The first-order valence-electron chi connectivity index (χ1n) is 10.2. The number of aromatic nitrogens is 3. The van der Waals surface area contributed by atoms with E-state index in [-0.39, 0.29) is 42.3 Å². The lowest BCUT2D eigenvalue weighted by molar-refractivity contribution is -0.130. The van der Waals surface area contributed by atoms with Gasteiger partial charge >= 0.3 is 0 Å². The van der Waals surface area contributed by atoms with E-state index in [1.165, 1.54) is 4.90 Å². The fourth-order valence-electron chi connectivity index (χ4n) is 4.85. The highest BCUT2D eigenvalue weighted by molar-refractivity contribution is 5.79.